The van der Waals surface area contributed by atoms with E-state index in [-0.39, 0.29) is 42.6 Å². The lowest BCUT2D eigenvalue weighted by atomic mass is 10.0. The van der Waals surface area contributed by atoms with Gasteiger partial charge in [0, 0.05) is 51.5 Å². The maximum Gasteiger partial charge on any atom is 0.305 e. The van der Waals surface area contributed by atoms with Crippen molar-refractivity contribution in [3.05, 3.63) is 54.6 Å². The third-order valence-electron chi connectivity index (χ3n) is 6.47. The van der Waals surface area contributed by atoms with Gasteiger partial charge in [-0.25, -0.2) is 13.1 Å². The Balaban J connectivity index is 1.47. The number of aromatic nitrogens is 5. The highest BCUT2D eigenvalue weighted by atomic mass is 32.2. The minimum Gasteiger partial charge on any atom is -0.464 e. The Labute approximate surface area is 223 Å². The van der Waals surface area contributed by atoms with Crippen LogP contribution in [-0.2, 0) is 37.4 Å². The van der Waals surface area contributed by atoms with Crippen LogP contribution < -0.4 is 5.32 Å². The molecular formula is C25H35N7O5S. The van der Waals surface area contributed by atoms with Gasteiger partial charge in [0.25, 0.3) is 0 Å². The molecule has 3 atom stereocenters. The predicted octanol–water partition coefficient (Wildman–Crippen LogP) is 1.62. The molecule has 206 valence electrons. The lowest BCUT2D eigenvalue weighted by molar-refractivity contribution is -0.144. The molecule has 3 aromatic rings. The predicted molar refractivity (Wildman–Crippen MR) is 139 cm³/mol. The highest BCUT2D eigenvalue weighted by Gasteiger charge is 2.28. The van der Waals surface area contributed by atoms with Crippen LogP contribution in [0.3, 0.4) is 0 Å². The molecule has 0 fully saturated rings. The lowest BCUT2D eigenvalue weighted by Crippen LogP contribution is -2.43. The van der Waals surface area contributed by atoms with Crippen LogP contribution in [0.4, 0.5) is 0 Å². The summed E-state index contributed by atoms with van der Waals surface area (Å²) in [5, 5.41) is 15.8. The van der Waals surface area contributed by atoms with Crippen molar-refractivity contribution in [2.45, 2.75) is 56.9 Å². The van der Waals surface area contributed by atoms with E-state index in [1.54, 1.807) is 65.3 Å². The van der Waals surface area contributed by atoms with Crippen molar-refractivity contribution in [1.29, 1.82) is 0 Å². The van der Waals surface area contributed by atoms with E-state index >= 15 is 0 Å². The fraction of sp³-hybridized carbons (Fsp3) is 0.520. The second-order valence-corrected chi connectivity index (χ2v) is 11.7. The summed E-state index contributed by atoms with van der Waals surface area (Å²) >= 11 is 0. The number of cyclic esters (lactones) is 1. The Kier molecular flexibility index (Phi) is 9.26. The van der Waals surface area contributed by atoms with E-state index in [0.717, 1.165) is 5.69 Å². The number of fused-ring (bicyclic) bond motifs is 2. The molecule has 0 aliphatic carbocycles. The normalized spacial score (nSPS) is 22.3. The molecule has 0 saturated carbocycles. The molecule has 1 aliphatic rings. The van der Waals surface area contributed by atoms with Gasteiger partial charge >= 0.3 is 5.97 Å². The molecule has 12 nitrogen and oxygen atoms in total. The van der Waals surface area contributed by atoms with Gasteiger partial charge in [0.2, 0.25) is 10.0 Å². The minimum atomic E-state index is -3.76. The van der Waals surface area contributed by atoms with E-state index in [1.165, 1.54) is 4.31 Å². The number of ether oxygens (including phenoxy) is 2. The van der Waals surface area contributed by atoms with E-state index in [4.69, 9.17) is 9.47 Å². The van der Waals surface area contributed by atoms with Crippen LogP contribution in [0.1, 0.15) is 32.4 Å². The zero-order valence-corrected chi connectivity index (χ0v) is 22.7. The molecule has 2 aromatic heterocycles. The molecule has 0 unspecified atom stereocenters. The molecule has 2 bridgehead atoms. The molecule has 4 rings (SSSR count). The van der Waals surface area contributed by atoms with Crippen LogP contribution in [0, 0.1) is 5.92 Å². The smallest absolute Gasteiger partial charge is 0.305 e. The van der Waals surface area contributed by atoms with Gasteiger partial charge in [-0.05, 0) is 49.6 Å². The Bertz CT molecular complexity index is 1280. The number of hydrogen-bond donors (Lipinski definition) is 1. The van der Waals surface area contributed by atoms with E-state index in [9.17, 15) is 13.2 Å². The largest absolute Gasteiger partial charge is 0.464 e. The first kappa shape index (κ1) is 27.9. The zero-order chi connectivity index (χ0) is 27.1. The number of benzene rings is 1. The number of likely N-dealkylation sites (N-methyl/N-ethyl adjacent to an activating group) is 1. The summed E-state index contributed by atoms with van der Waals surface area (Å²) < 4.78 is 43.0. The summed E-state index contributed by atoms with van der Waals surface area (Å²) in [6.45, 7) is 5.61. The first-order valence-corrected chi connectivity index (χ1v) is 14.1. The quantitative estimate of drug-likeness (QED) is 0.475. The van der Waals surface area contributed by atoms with Gasteiger partial charge in [-0.1, -0.05) is 12.1 Å². The second-order valence-electron chi connectivity index (χ2n) is 9.63. The highest BCUT2D eigenvalue weighted by Crippen LogP contribution is 2.20. The Morgan fingerprint density at radius 1 is 1.21 bits per heavy atom. The van der Waals surface area contributed by atoms with E-state index < -0.39 is 16.1 Å². The maximum atomic E-state index is 13.4. The number of carbonyl (C=O) groups is 1. The summed E-state index contributed by atoms with van der Waals surface area (Å²) in [5.74, 6) is -0.305. The van der Waals surface area contributed by atoms with Gasteiger partial charge < -0.3 is 14.8 Å². The van der Waals surface area contributed by atoms with Crippen LogP contribution in [0.15, 0.2) is 53.8 Å². The Morgan fingerprint density at radius 2 is 2.00 bits per heavy atom. The van der Waals surface area contributed by atoms with Crippen LogP contribution in [0.2, 0.25) is 0 Å². The molecule has 38 heavy (non-hydrogen) atoms. The number of esters is 1. The monoisotopic (exact) mass is 545 g/mol. The molecule has 0 radical (unpaired) electrons. The van der Waals surface area contributed by atoms with Gasteiger partial charge in [-0.2, -0.15) is 9.40 Å². The lowest BCUT2D eigenvalue weighted by Gasteiger charge is -2.29. The minimum absolute atomic E-state index is 0.0580. The average molecular weight is 546 g/mol. The van der Waals surface area contributed by atoms with Crippen LogP contribution in [0.5, 0.6) is 0 Å². The van der Waals surface area contributed by atoms with Crippen molar-refractivity contribution >= 4 is 16.0 Å². The summed E-state index contributed by atoms with van der Waals surface area (Å²) in [7, 11) is -2.21. The highest BCUT2D eigenvalue weighted by molar-refractivity contribution is 7.89. The number of nitrogens with zero attached hydrogens (tertiary/aromatic N) is 6. The van der Waals surface area contributed by atoms with Gasteiger partial charge in [-0.3, -0.25) is 9.48 Å². The molecular weight excluding hydrogens is 510 g/mol. The molecule has 0 amide bonds. The fourth-order valence-electron chi connectivity index (χ4n) is 4.08. The van der Waals surface area contributed by atoms with Crippen molar-refractivity contribution in [3.63, 3.8) is 0 Å². The summed E-state index contributed by atoms with van der Waals surface area (Å²) in [6, 6.07) is 8.35. The molecule has 1 aliphatic heterocycles. The van der Waals surface area contributed by atoms with Gasteiger partial charge in [0.1, 0.15) is 12.3 Å². The SMILES string of the molecule is C[C@@H]1COC(=O)CCCn2cc(nn2)CO[C@H](CN(C)S(=O)(=O)c2ccc(-n3cccn3)cc2)[C@H](C)CN1. The van der Waals surface area contributed by atoms with Crippen LogP contribution in [-0.4, -0.2) is 82.4 Å². The number of rotatable bonds is 5. The first-order chi connectivity index (χ1) is 18.2. The van der Waals surface area contributed by atoms with Crippen molar-refractivity contribution in [2.24, 2.45) is 5.92 Å². The second kappa shape index (κ2) is 12.6. The van der Waals surface area contributed by atoms with Gasteiger partial charge in [-0.15, -0.1) is 5.10 Å². The Hall–Kier alpha value is -3.13. The van der Waals surface area contributed by atoms with Crippen molar-refractivity contribution in [2.75, 3.05) is 26.7 Å². The average Bonchev–Trinajstić information content (AvgIpc) is 3.60. The molecule has 1 N–H and O–H groups in total. The van der Waals surface area contributed by atoms with Crippen molar-refractivity contribution < 1.29 is 22.7 Å². The Morgan fingerprint density at radius 3 is 2.74 bits per heavy atom. The number of nitrogens with one attached hydrogen (secondary N) is 1. The third kappa shape index (κ3) is 7.25. The van der Waals surface area contributed by atoms with Crippen LogP contribution in [0.25, 0.3) is 5.69 Å². The van der Waals surface area contributed by atoms with E-state index in [1.807, 2.05) is 13.8 Å². The van der Waals surface area contributed by atoms with Crippen LogP contribution >= 0.6 is 0 Å². The zero-order valence-electron chi connectivity index (χ0n) is 21.9. The summed E-state index contributed by atoms with van der Waals surface area (Å²) in [6.07, 6.45) is 5.71. The molecule has 13 heteroatoms. The topological polar surface area (TPSA) is 133 Å². The number of carbonyl (C=O) groups excluding carboxylic acids is 1. The molecule has 1 aromatic carbocycles. The van der Waals surface area contributed by atoms with Gasteiger partial charge in [0.15, 0.2) is 0 Å². The molecule has 0 spiro atoms. The van der Waals surface area contributed by atoms with E-state index in [0.29, 0.717) is 31.6 Å². The number of sulfonamides is 1. The number of aryl methyl sites for hydroxylation is 1. The van der Waals surface area contributed by atoms with Crippen molar-refractivity contribution in [3.8, 4) is 5.69 Å². The number of hydrogen-bond acceptors (Lipinski definition) is 9. The van der Waals surface area contributed by atoms with Crippen molar-refractivity contribution in [1.82, 2.24) is 34.4 Å². The maximum absolute atomic E-state index is 13.4. The van der Waals surface area contributed by atoms with E-state index in [2.05, 4.69) is 20.7 Å². The van der Waals surface area contributed by atoms with Gasteiger partial charge in [0.05, 0.1) is 29.5 Å². The first-order valence-electron chi connectivity index (χ1n) is 12.7. The molecule has 3 heterocycles. The summed E-state index contributed by atoms with van der Waals surface area (Å²) in [5.41, 5.74) is 1.41. The summed E-state index contributed by atoms with van der Waals surface area (Å²) in [4.78, 5) is 12.2. The molecule has 0 saturated heterocycles. The third-order valence-corrected chi connectivity index (χ3v) is 8.31. The standard InChI is InChI=1S/C25H35N7O5S/c1-19-14-26-20(2)17-37-25(33)6-4-12-31-15-21(28-29-31)18-36-24(19)16-30(3)38(34,35)23-9-7-22(8-10-23)32-13-5-11-27-32/h5,7-11,13,15,19-20,24,26H,4,6,12,14,16-18H2,1-3H3/t19-,20-,24-/m1/s1. The fourth-order valence-corrected chi connectivity index (χ4v) is 5.26.